The zero-order chi connectivity index (χ0) is 17.6. The fourth-order valence-corrected chi connectivity index (χ4v) is 4.22. The van der Waals surface area contributed by atoms with Crippen LogP contribution in [0.1, 0.15) is 41.6 Å². The number of amides is 1. The van der Waals surface area contributed by atoms with E-state index >= 15 is 0 Å². The van der Waals surface area contributed by atoms with Gasteiger partial charge in [-0.15, -0.1) is 0 Å². The van der Waals surface area contributed by atoms with Gasteiger partial charge in [0.15, 0.2) is 5.13 Å². The van der Waals surface area contributed by atoms with E-state index < -0.39 is 10.0 Å². The summed E-state index contributed by atoms with van der Waals surface area (Å²) < 4.78 is 27.0. The molecule has 0 unspecified atom stereocenters. The third kappa shape index (κ3) is 4.78. The number of aromatic nitrogens is 1. The number of anilines is 1. The largest absolute Gasteiger partial charge is 0.351 e. The molecule has 1 amide bonds. The number of hydrogen-bond donors (Lipinski definition) is 2. The van der Waals surface area contributed by atoms with E-state index in [4.69, 9.17) is 0 Å². The number of carbonyl (C=O) groups excluding carboxylic acids is 1. The molecule has 0 aliphatic heterocycles. The first-order chi connectivity index (χ1) is 11.4. The third-order valence-electron chi connectivity index (χ3n) is 3.34. The van der Waals surface area contributed by atoms with Crippen molar-refractivity contribution in [3.63, 3.8) is 0 Å². The second-order valence-electron chi connectivity index (χ2n) is 5.32. The van der Waals surface area contributed by atoms with E-state index in [2.05, 4.69) is 21.9 Å². The van der Waals surface area contributed by atoms with Crippen LogP contribution in [-0.4, -0.2) is 25.9 Å². The standard InChI is InChI=1S/C16H21N3O3S2/c1-3-4-8-11-17-15(20)14-12(2)18-16(23-14)19-24(21,22)13-9-6-5-7-10-13/h5-7,9-10H,3-4,8,11H2,1-2H3,(H,17,20)(H,18,19). The van der Waals surface area contributed by atoms with E-state index in [-0.39, 0.29) is 15.9 Å². The molecule has 6 nitrogen and oxygen atoms in total. The lowest BCUT2D eigenvalue weighted by atomic mass is 10.2. The Morgan fingerprint density at radius 1 is 1.21 bits per heavy atom. The Morgan fingerprint density at radius 2 is 1.92 bits per heavy atom. The molecule has 1 aromatic carbocycles. The quantitative estimate of drug-likeness (QED) is 0.702. The van der Waals surface area contributed by atoms with Crippen molar-refractivity contribution in [3.05, 3.63) is 40.9 Å². The van der Waals surface area contributed by atoms with Crippen LogP contribution in [0.3, 0.4) is 0 Å². The van der Waals surface area contributed by atoms with Gasteiger partial charge >= 0.3 is 0 Å². The highest BCUT2D eigenvalue weighted by Gasteiger charge is 2.19. The molecule has 2 aromatic rings. The van der Waals surface area contributed by atoms with Gasteiger partial charge in [-0.05, 0) is 25.5 Å². The van der Waals surface area contributed by atoms with Gasteiger partial charge in [-0.2, -0.15) is 0 Å². The summed E-state index contributed by atoms with van der Waals surface area (Å²) >= 11 is 1.04. The molecule has 0 atom stereocenters. The number of rotatable bonds is 8. The maximum atomic E-state index is 12.3. The lowest BCUT2D eigenvalue weighted by molar-refractivity contribution is 0.0956. The predicted octanol–water partition coefficient (Wildman–Crippen LogP) is 3.17. The Balaban J connectivity index is 2.07. The molecule has 8 heteroatoms. The summed E-state index contributed by atoms with van der Waals surface area (Å²) in [5.74, 6) is -0.216. The van der Waals surface area contributed by atoms with Crippen LogP contribution in [0, 0.1) is 6.92 Å². The number of aryl methyl sites for hydroxylation is 1. The minimum absolute atomic E-state index is 0.156. The molecule has 130 valence electrons. The number of benzene rings is 1. The molecule has 0 fully saturated rings. The molecule has 0 aliphatic rings. The number of carbonyl (C=O) groups is 1. The second-order valence-corrected chi connectivity index (χ2v) is 8.00. The van der Waals surface area contributed by atoms with Crippen molar-refractivity contribution in [1.29, 1.82) is 0 Å². The molecule has 0 saturated carbocycles. The topological polar surface area (TPSA) is 88.2 Å². The van der Waals surface area contributed by atoms with Gasteiger partial charge in [-0.1, -0.05) is 49.3 Å². The van der Waals surface area contributed by atoms with Crippen molar-refractivity contribution in [1.82, 2.24) is 10.3 Å². The van der Waals surface area contributed by atoms with Crippen LogP contribution < -0.4 is 10.0 Å². The van der Waals surface area contributed by atoms with Crippen molar-refractivity contribution in [2.75, 3.05) is 11.3 Å². The number of thiazole rings is 1. The van der Waals surface area contributed by atoms with Crippen molar-refractivity contribution < 1.29 is 13.2 Å². The van der Waals surface area contributed by atoms with Gasteiger partial charge in [0, 0.05) is 6.54 Å². The first-order valence-corrected chi connectivity index (χ1v) is 10.1. The summed E-state index contributed by atoms with van der Waals surface area (Å²) in [6.45, 7) is 4.40. The highest BCUT2D eigenvalue weighted by Crippen LogP contribution is 2.25. The Morgan fingerprint density at radius 3 is 2.58 bits per heavy atom. The summed E-state index contributed by atoms with van der Waals surface area (Å²) in [5, 5.41) is 3.03. The first-order valence-electron chi connectivity index (χ1n) is 7.77. The van der Waals surface area contributed by atoms with Gasteiger partial charge in [-0.25, -0.2) is 13.4 Å². The number of hydrogen-bond acceptors (Lipinski definition) is 5. The summed E-state index contributed by atoms with van der Waals surface area (Å²) in [7, 11) is -3.70. The molecule has 2 N–H and O–H groups in total. The molecule has 0 radical (unpaired) electrons. The smallest absolute Gasteiger partial charge is 0.263 e. The lowest BCUT2D eigenvalue weighted by Crippen LogP contribution is -2.24. The zero-order valence-electron chi connectivity index (χ0n) is 13.7. The molecule has 24 heavy (non-hydrogen) atoms. The minimum Gasteiger partial charge on any atom is -0.351 e. The van der Waals surface area contributed by atoms with Crippen LogP contribution in [0.4, 0.5) is 5.13 Å². The van der Waals surface area contributed by atoms with Gasteiger partial charge in [-0.3, -0.25) is 9.52 Å². The SMILES string of the molecule is CCCCCNC(=O)c1sc(NS(=O)(=O)c2ccccc2)nc1C. The fourth-order valence-electron chi connectivity index (χ4n) is 2.08. The normalized spacial score (nSPS) is 11.2. The maximum absolute atomic E-state index is 12.3. The number of nitrogens with one attached hydrogen (secondary N) is 2. The van der Waals surface area contributed by atoms with Crippen LogP contribution in [0.15, 0.2) is 35.2 Å². The van der Waals surface area contributed by atoms with Crippen LogP contribution in [0.25, 0.3) is 0 Å². The Bertz CT molecular complexity index is 786. The van der Waals surface area contributed by atoms with E-state index in [1.54, 1.807) is 25.1 Å². The molecule has 2 rings (SSSR count). The monoisotopic (exact) mass is 367 g/mol. The molecule has 0 spiro atoms. The average molecular weight is 367 g/mol. The fraction of sp³-hybridized carbons (Fsp3) is 0.375. The van der Waals surface area contributed by atoms with Gasteiger partial charge in [0.05, 0.1) is 10.6 Å². The highest BCUT2D eigenvalue weighted by molar-refractivity contribution is 7.93. The van der Waals surface area contributed by atoms with Crippen molar-refractivity contribution in [2.24, 2.45) is 0 Å². The number of nitrogens with zero attached hydrogens (tertiary/aromatic N) is 1. The van der Waals surface area contributed by atoms with Crippen molar-refractivity contribution in [3.8, 4) is 0 Å². The average Bonchev–Trinajstić information content (AvgIpc) is 2.92. The molecular formula is C16H21N3O3S2. The predicted molar refractivity (Wildman–Crippen MR) is 96.0 cm³/mol. The summed E-state index contributed by atoms with van der Waals surface area (Å²) in [6, 6.07) is 8.05. The van der Waals surface area contributed by atoms with Crippen molar-refractivity contribution in [2.45, 2.75) is 38.0 Å². The zero-order valence-corrected chi connectivity index (χ0v) is 15.3. The van der Waals surface area contributed by atoms with Crippen molar-refractivity contribution >= 4 is 32.4 Å². The van der Waals surface area contributed by atoms with E-state index in [0.717, 1.165) is 30.6 Å². The van der Waals surface area contributed by atoms with Gasteiger partial charge < -0.3 is 5.32 Å². The number of sulfonamides is 1. The molecular weight excluding hydrogens is 346 g/mol. The Labute approximate surface area is 146 Å². The van der Waals surface area contributed by atoms with Crippen LogP contribution in [-0.2, 0) is 10.0 Å². The molecule has 1 aromatic heterocycles. The van der Waals surface area contributed by atoms with E-state index in [1.165, 1.54) is 12.1 Å². The van der Waals surface area contributed by atoms with Gasteiger partial charge in [0.2, 0.25) is 0 Å². The Kier molecular flexibility index (Phi) is 6.33. The summed E-state index contributed by atoms with van der Waals surface area (Å²) in [5.41, 5.74) is 0.513. The lowest BCUT2D eigenvalue weighted by Gasteiger charge is -2.04. The summed E-state index contributed by atoms with van der Waals surface area (Å²) in [4.78, 5) is 16.9. The van der Waals surface area contributed by atoms with Gasteiger partial charge in [0.25, 0.3) is 15.9 Å². The Hall–Kier alpha value is -1.93. The molecule has 1 heterocycles. The maximum Gasteiger partial charge on any atom is 0.263 e. The molecule has 0 aliphatic carbocycles. The highest BCUT2D eigenvalue weighted by atomic mass is 32.2. The van der Waals surface area contributed by atoms with Gasteiger partial charge in [0.1, 0.15) is 4.88 Å². The van der Waals surface area contributed by atoms with Crippen LogP contribution in [0.5, 0.6) is 0 Å². The second kappa shape index (κ2) is 8.25. The summed E-state index contributed by atoms with van der Waals surface area (Å²) in [6.07, 6.45) is 3.07. The first kappa shape index (κ1) is 18.4. The third-order valence-corrected chi connectivity index (χ3v) is 5.90. The minimum atomic E-state index is -3.70. The van der Waals surface area contributed by atoms with E-state index in [9.17, 15) is 13.2 Å². The molecule has 0 saturated heterocycles. The van der Waals surface area contributed by atoms with Crippen LogP contribution >= 0.6 is 11.3 Å². The molecule has 0 bridgehead atoms. The van der Waals surface area contributed by atoms with E-state index in [0.29, 0.717) is 17.1 Å². The number of unbranched alkanes of at least 4 members (excludes halogenated alkanes) is 2. The van der Waals surface area contributed by atoms with E-state index in [1.807, 2.05) is 0 Å². The van der Waals surface area contributed by atoms with Crippen LogP contribution in [0.2, 0.25) is 0 Å².